The van der Waals surface area contributed by atoms with E-state index in [9.17, 15) is 19.5 Å². The molecule has 0 saturated carbocycles. The number of aryl methyl sites for hydroxylation is 1. The summed E-state index contributed by atoms with van der Waals surface area (Å²) >= 11 is 0. The van der Waals surface area contributed by atoms with Crippen LogP contribution in [0.5, 0.6) is 0 Å². The highest BCUT2D eigenvalue weighted by atomic mass is 19.1. The Morgan fingerprint density at radius 1 is 1.29 bits per heavy atom. The predicted molar refractivity (Wildman–Crippen MR) is 114 cm³/mol. The molecule has 7 nitrogen and oxygen atoms in total. The maximum absolute atomic E-state index is 15.5. The summed E-state index contributed by atoms with van der Waals surface area (Å²) in [6.45, 7) is 8.36. The number of halogens is 1. The summed E-state index contributed by atoms with van der Waals surface area (Å²) in [4.78, 5) is 37.8. The molecular weight excluding hydrogens is 403 g/mol. The fourth-order valence-electron chi connectivity index (χ4n) is 5.07. The van der Waals surface area contributed by atoms with Crippen molar-refractivity contribution < 1.29 is 23.8 Å². The van der Waals surface area contributed by atoms with Crippen LogP contribution in [0.2, 0.25) is 0 Å². The van der Waals surface area contributed by atoms with Crippen molar-refractivity contribution in [3.05, 3.63) is 39.4 Å². The SMILES string of the molecule is CC(=O)O[C@H]1CCN(c2c(F)cc3c(=O)c(C(=O)O)cn4c3c2CCC4C)CC1(C)C. The number of nitrogens with zero attached hydrogens (tertiary/aromatic N) is 2. The summed E-state index contributed by atoms with van der Waals surface area (Å²) < 4.78 is 22.7. The normalized spacial score (nSPS) is 22.4. The number of ether oxygens (including phenoxy) is 1. The summed E-state index contributed by atoms with van der Waals surface area (Å²) in [6, 6.07) is 1.18. The van der Waals surface area contributed by atoms with Gasteiger partial charge in [0.1, 0.15) is 17.5 Å². The minimum Gasteiger partial charge on any atom is -0.477 e. The lowest BCUT2D eigenvalue weighted by atomic mass is 9.80. The van der Waals surface area contributed by atoms with Crippen molar-refractivity contribution in [3.8, 4) is 0 Å². The van der Waals surface area contributed by atoms with Crippen LogP contribution >= 0.6 is 0 Å². The topological polar surface area (TPSA) is 88.8 Å². The Morgan fingerprint density at radius 3 is 2.61 bits per heavy atom. The molecule has 0 radical (unpaired) electrons. The Bertz CT molecular complexity index is 1150. The summed E-state index contributed by atoms with van der Waals surface area (Å²) in [7, 11) is 0. The third-order valence-electron chi connectivity index (χ3n) is 6.61. The molecule has 3 heterocycles. The number of esters is 1. The molecule has 1 aromatic carbocycles. The molecule has 0 bridgehead atoms. The Labute approximate surface area is 179 Å². The molecule has 0 amide bonds. The lowest BCUT2D eigenvalue weighted by Gasteiger charge is -2.45. The minimum atomic E-state index is -1.31. The van der Waals surface area contributed by atoms with Crippen molar-refractivity contribution in [2.75, 3.05) is 18.0 Å². The number of rotatable bonds is 3. The number of hydrogen-bond acceptors (Lipinski definition) is 5. The van der Waals surface area contributed by atoms with E-state index in [4.69, 9.17) is 4.74 Å². The van der Waals surface area contributed by atoms with Gasteiger partial charge in [-0.3, -0.25) is 9.59 Å². The molecule has 1 saturated heterocycles. The highest BCUT2D eigenvalue weighted by molar-refractivity contribution is 5.95. The molecule has 8 heteroatoms. The lowest BCUT2D eigenvalue weighted by molar-refractivity contribution is -0.153. The van der Waals surface area contributed by atoms with Gasteiger partial charge in [-0.2, -0.15) is 0 Å². The summed E-state index contributed by atoms with van der Waals surface area (Å²) in [5, 5.41) is 9.55. The molecule has 0 aliphatic carbocycles. The molecular formula is C23H27FN2O5. The zero-order valence-electron chi connectivity index (χ0n) is 18.2. The van der Waals surface area contributed by atoms with E-state index < -0.39 is 17.2 Å². The Balaban J connectivity index is 1.87. The summed E-state index contributed by atoms with van der Waals surface area (Å²) in [5.41, 5.74) is 0.433. The second kappa shape index (κ2) is 7.35. The van der Waals surface area contributed by atoms with Crippen LogP contribution in [0.4, 0.5) is 10.1 Å². The number of hydrogen-bond donors (Lipinski definition) is 1. The number of aromatic nitrogens is 1. The number of carbonyl (C=O) groups excluding carboxylic acids is 1. The Hall–Kier alpha value is -2.90. The minimum absolute atomic E-state index is 0.00171. The van der Waals surface area contributed by atoms with Crippen LogP contribution < -0.4 is 10.3 Å². The highest BCUT2D eigenvalue weighted by Crippen LogP contribution is 2.41. The van der Waals surface area contributed by atoms with E-state index in [0.29, 0.717) is 43.6 Å². The van der Waals surface area contributed by atoms with Crippen LogP contribution in [0.25, 0.3) is 10.9 Å². The average Bonchev–Trinajstić information content (AvgIpc) is 2.67. The van der Waals surface area contributed by atoms with Crippen molar-refractivity contribution in [1.82, 2.24) is 4.57 Å². The van der Waals surface area contributed by atoms with Crippen molar-refractivity contribution in [2.45, 2.75) is 59.1 Å². The monoisotopic (exact) mass is 430 g/mol. The molecule has 0 spiro atoms. The van der Waals surface area contributed by atoms with Gasteiger partial charge in [-0.05, 0) is 25.8 Å². The molecule has 4 rings (SSSR count). The van der Waals surface area contributed by atoms with Crippen LogP contribution in [-0.2, 0) is 16.0 Å². The second-order valence-corrected chi connectivity index (χ2v) is 9.35. The van der Waals surface area contributed by atoms with Crippen molar-refractivity contribution >= 4 is 28.5 Å². The van der Waals surface area contributed by atoms with E-state index in [1.165, 1.54) is 19.2 Å². The largest absolute Gasteiger partial charge is 0.477 e. The quantitative estimate of drug-likeness (QED) is 0.750. The maximum atomic E-state index is 15.5. The van der Waals surface area contributed by atoms with Crippen molar-refractivity contribution in [2.24, 2.45) is 5.41 Å². The van der Waals surface area contributed by atoms with Crippen molar-refractivity contribution in [1.29, 1.82) is 0 Å². The molecule has 1 fully saturated rings. The highest BCUT2D eigenvalue weighted by Gasteiger charge is 2.40. The average molecular weight is 430 g/mol. The number of piperidine rings is 1. The van der Waals surface area contributed by atoms with Gasteiger partial charge in [0.2, 0.25) is 5.43 Å². The van der Waals surface area contributed by atoms with E-state index in [1.54, 1.807) is 4.57 Å². The zero-order chi connectivity index (χ0) is 22.7. The molecule has 1 N–H and O–H groups in total. The van der Waals surface area contributed by atoms with E-state index in [2.05, 4.69) is 0 Å². The van der Waals surface area contributed by atoms with Gasteiger partial charge in [0.15, 0.2) is 0 Å². The third kappa shape index (κ3) is 3.47. The van der Waals surface area contributed by atoms with Crippen LogP contribution in [0.15, 0.2) is 17.1 Å². The van der Waals surface area contributed by atoms with Gasteiger partial charge in [-0.15, -0.1) is 0 Å². The molecule has 2 aromatic rings. The van der Waals surface area contributed by atoms with Crippen LogP contribution in [0.1, 0.15) is 62.5 Å². The molecule has 2 aliphatic heterocycles. The van der Waals surface area contributed by atoms with Gasteiger partial charge in [0.25, 0.3) is 0 Å². The first-order chi connectivity index (χ1) is 14.5. The van der Waals surface area contributed by atoms with Gasteiger partial charge in [-0.25, -0.2) is 9.18 Å². The molecule has 2 aliphatic rings. The Morgan fingerprint density at radius 2 is 2.00 bits per heavy atom. The van der Waals surface area contributed by atoms with Crippen LogP contribution in [0.3, 0.4) is 0 Å². The summed E-state index contributed by atoms with van der Waals surface area (Å²) in [5.74, 6) is -2.16. The van der Waals surface area contributed by atoms with Crippen molar-refractivity contribution in [3.63, 3.8) is 0 Å². The van der Waals surface area contributed by atoms with E-state index in [1.807, 2.05) is 25.7 Å². The predicted octanol–water partition coefficient (Wildman–Crippen LogP) is 3.51. The van der Waals surface area contributed by atoms with Gasteiger partial charge in [0.05, 0.1) is 11.2 Å². The molecule has 2 atom stereocenters. The molecule has 31 heavy (non-hydrogen) atoms. The first-order valence-corrected chi connectivity index (χ1v) is 10.6. The molecule has 1 unspecified atom stereocenters. The van der Waals surface area contributed by atoms with Gasteiger partial charge >= 0.3 is 11.9 Å². The first kappa shape index (κ1) is 21.3. The smallest absolute Gasteiger partial charge is 0.341 e. The fraction of sp³-hybridized carbons (Fsp3) is 0.522. The number of carboxylic acids is 1. The van der Waals surface area contributed by atoms with E-state index in [-0.39, 0.29) is 34.5 Å². The maximum Gasteiger partial charge on any atom is 0.341 e. The zero-order valence-corrected chi connectivity index (χ0v) is 18.2. The number of pyridine rings is 1. The standard InChI is InChI=1S/C23H27FN2O5/c1-12-5-6-14-19-15(21(28)16(22(29)30)10-26(12)19)9-17(24)20(14)25-8-7-18(31-13(2)27)23(3,4)11-25/h9-10,12,18H,5-8,11H2,1-4H3,(H,29,30)/t12?,18-/m0/s1. The fourth-order valence-corrected chi connectivity index (χ4v) is 5.07. The molecule has 166 valence electrons. The van der Waals surface area contributed by atoms with E-state index >= 15 is 4.39 Å². The lowest BCUT2D eigenvalue weighted by Crippen LogP contribution is -2.50. The first-order valence-electron chi connectivity index (χ1n) is 10.6. The number of benzene rings is 1. The Kier molecular flexibility index (Phi) is 5.06. The van der Waals surface area contributed by atoms with E-state index in [0.717, 1.165) is 5.56 Å². The number of carbonyl (C=O) groups is 2. The van der Waals surface area contributed by atoms with Gasteiger partial charge in [-0.1, -0.05) is 13.8 Å². The third-order valence-corrected chi connectivity index (χ3v) is 6.61. The molecule has 1 aromatic heterocycles. The summed E-state index contributed by atoms with van der Waals surface area (Å²) in [6.07, 6.45) is 3.02. The van der Waals surface area contributed by atoms with Crippen LogP contribution in [-0.4, -0.2) is 40.8 Å². The van der Waals surface area contributed by atoms with Gasteiger partial charge in [0, 0.05) is 55.0 Å². The number of carboxylic acid groups (broad SMARTS) is 1. The van der Waals surface area contributed by atoms with Crippen LogP contribution in [0, 0.1) is 11.2 Å². The second-order valence-electron chi connectivity index (χ2n) is 9.35. The van der Waals surface area contributed by atoms with Gasteiger partial charge < -0.3 is 19.3 Å². The number of anilines is 1. The number of aromatic carboxylic acids is 1.